The third kappa shape index (κ3) is 1.89. The number of carbonyl (C=O) groups excluding carboxylic acids is 2. The summed E-state index contributed by atoms with van der Waals surface area (Å²) in [5, 5.41) is 10.0. The molecule has 0 aromatic heterocycles. The second-order valence-electron chi connectivity index (χ2n) is 9.19. The summed E-state index contributed by atoms with van der Waals surface area (Å²) in [6.07, 6.45) is 8.39. The molecule has 2 amide bonds. The maximum atomic E-state index is 13.2. The van der Waals surface area contributed by atoms with Gasteiger partial charge < -0.3 is 0 Å². The fourth-order valence-corrected chi connectivity index (χ4v) is 6.48. The monoisotopic (exact) mass is 392 g/mol. The van der Waals surface area contributed by atoms with Gasteiger partial charge in [-0.05, 0) is 57.7 Å². The minimum Gasteiger partial charge on any atom is -0.272 e. The van der Waals surface area contributed by atoms with Gasteiger partial charge in [-0.2, -0.15) is 10.1 Å². The highest BCUT2D eigenvalue weighted by molar-refractivity contribution is 6.14. The molecular weight excluding hydrogens is 372 g/mol. The molecule has 1 heterocycles. The Labute approximate surface area is 173 Å². The second kappa shape index (κ2) is 5.45. The van der Waals surface area contributed by atoms with Crippen LogP contribution in [0.1, 0.15) is 18.4 Å². The normalized spacial score (nSPS) is 30.5. The van der Waals surface area contributed by atoms with Crippen molar-refractivity contribution in [2.45, 2.75) is 12.8 Å². The number of allylic oxidation sites excluding steroid dienone is 2. The van der Waals surface area contributed by atoms with Crippen LogP contribution in [-0.4, -0.2) is 23.0 Å². The van der Waals surface area contributed by atoms with Crippen LogP contribution in [0.3, 0.4) is 0 Å². The topological polar surface area (TPSA) is 49.7 Å². The lowest BCUT2D eigenvalue weighted by Gasteiger charge is -2.18. The van der Waals surface area contributed by atoms with E-state index in [1.807, 2.05) is 24.3 Å². The summed E-state index contributed by atoms with van der Waals surface area (Å²) < 4.78 is 0. The molecule has 0 unspecified atom stereocenters. The van der Waals surface area contributed by atoms with Crippen LogP contribution in [0.4, 0.5) is 0 Å². The van der Waals surface area contributed by atoms with Crippen molar-refractivity contribution in [1.82, 2.24) is 5.01 Å². The molecule has 1 aliphatic heterocycles. The van der Waals surface area contributed by atoms with E-state index in [0.717, 1.165) is 45.0 Å². The number of fused-ring (bicyclic) bond motifs is 5. The fraction of sp³-hybridized carbons (Fsp3) is 0.269. The average molecular weight is 392 g/mol. The first-order valence-electron chi connectivity index (χ1n) is 10.7. The molecule has 1 spiro atoms. The van der Waals surface area contributed by atoms with Crippen LogP contribution in [0.2, 0.25) is 0 Å². The molecule has 1 saturated heterocycles. The van der Waals surface area contributed by atoms with E-state index in [0.29, 0.717) is 0 Å². The Bertz CT molecular complexity index is 1250. The lowest BCUT2D eigenvalue weighted by Crippen LogP contribution is -2.30. The van der Waals surface area contributed by atoms with Gasteiger partial charge in [-0.25, -0.2) is 0 Å². The Hall–Kier alpha value is -3.27. The summed E-state index contributed by atoms with van der Waals surface area (Å²) >= 11 is 0. The highest BCUT2D eigenvalue weighted by Gasteiger charge is 2.73. The van der Waals surface area contributed by atoms with Crippen molar-refractivity contribution in [2.75, 3.05) is 0 Å². The van der Waals surface area contributed by atoms with Crippen LogP contribution < -0.4 is 0 Å². The van der Waals surface area contributed by atoms with Crippen LogP contribution in [-0.2, 0) is 9.59 Å². The summed E-state index contributed by atoms with van der Waals surface area (Å²) in [4.78, 5) is 26.4. The van der Waals surface area contributed by atoms with Crippen molar-refractivity contribution in [3.63, 3.8) is 0 Å². The predicted octanol–water partition coefficient (Wildman–Crippen LogP) is 4.52. The van der Waals surface area contributed by atoms with Crippen LogP contribution in [0.15, 0.2) is 71.9 Å². The molecule has 146 valence electrons. The third-order valence-corrected chi connectivity index (χ3v) is 7.94. The smallest absolute Gasteiger partial charge is 0.254 e. The van der Waals surface area contributed by atoms with Crippen molar-refractivity contribution < 1.29 is 9.59 Å². The van der Waals surface area contributed by atoms with E-state index in [9.17, 15) is 9.59 Å². The fourth-order valence-electron chi connectivity index (χ4n) is 6.48. The Balaban J connectivity index is 1.32. The first-order valence-corrected chi connectivity index (χ1v) is 10.7. The molecule has 4 heteroatoms. The maximum absolute atomic E-state index is 13.2. The van der Waals surface area contributed by atoms with Gasteiger partial charge in [-0.1, -0.05) is 60.7 Å². The van der Waals surface area contributed by atoms with Crippen molar-refractivity contribution in [1.29, 1.82) is 0 Å². The van der Waals surface area contributed by atoms with Crippen LogP contribution in [0, 0.1) is 29.1 Å². The summed E-state index contributed by atoms with van der Waals surface area (Å²) in [5.41, 5.74) is 1.16. The van der Waals surface area contributed by atoms with Crippen molar-refractivity contribution in [2.24, 2.45) is 34.2 Å². The van der Waals surface area contributed by atoms with E-state index in [-0.39, 0.29) is 40.9 Å². The zero-order valence-electron chi connectivity index (χ0n) is 16.4. The van der Waals surface area contributed by atoms with Gasteiger partial charge in [0.25, 0.3) is 11.8 Å². The van der Waals surface area contributed by atoms with Gasteiger partial charge in [0.05, 0.1) is 18.1 Å². The number of hydrogen-bond acceptors (Lipinski definition) is 3. The minimum atomic E-state index is -0.212. The molecule has 2 saturated carbocycles. The number of imide groups is 1. The van der Waals surface area contributed by atoms with Crippen LogP contribution >= 0.6 is 0 Å². The quantitative estimate of drug-likeness (QED) is 0.279. The molecule has 4 atom stereocenters. The average Bonchev–Trinajstić information content (AvgIpc) is 3.37. The number of nitrogens with zero attached hydrogens (tertiary/aromatic N) is 2. The number of amides is 2. The predicted molar refractivity (Wildman–Crippen MR) is 116 cm³/mol. The van der Waals surface area contributed by atoms with Gasteiger partial charge in [0.2, 0.25) is 0 Å². The molecule has 30 heavy (non-hydrogen) atoms. The summed E-state index contributed by atoms with van der Waals surface area (Å²) in [5.74, 6) is -0.208. The summed E-state index contributed by atoms with van der Waals surface area (Å²) in [6.45, 7) is 0. The van der Waals surface area contributed by atoms with E-state index >= 15 is 0 Å². The van der Waals surface area contributed by atoms with Crippen molar-refractivity contribution >= 4 is 39.6 Å². The number of carbonyl (C=O) groups is 2. The first-order chi connectivity index (χ1) is 14.7. The van der Waals surface area contributed by atoms with Crippen molar-refractivity contribution in [3.8, 4) is 0 Å². The Morgan fingerprint density at radius 2 is 1.37 bits per heavy atom. The molecular formula is C26H20N2O2. The van der Waals surface area contributed by atoms with E-state index in [4.69, 9.17) is 0 Å². The van der Waals surface area contributed by atoms with Crippen molar-refractivity contribution in [3.05, 3.63) is 72.3 Å². The summed E-state index contributed by atoms with van der Waals surface area (Å²) in [7, 11) is 0. The SMILES string of the molecule is O=C1[C@@H]2[C@H](C(=O)N1/N=C\c1c3ccccc3cc3ccccc13)[C@@H]1C=C[C@@H]2C12CC2. The largest absolute Gasteiger partial charge is 0.272 e. The van der Waals surface area contributed by atoms with Gasteiger partial charge >= 0.3 is 0 Å². The molecule has 3 aromatic carbocycles. The highest BCUT2D eigenvalue weighted by atomic mass is 16.2. The van der Waals surface area contributed by atoms with Crippen LogP contribution in [0.25, 0.3) is 21.5 Å². The van der Waals surface area contributed by atoms with Gasteiger partial charge in [-0.3, -0.25) is 9.59 Å². The number of benzene rings is 3. The number of hydrogen-bond donors (Lipinski definition) is 0. The lowest BCUT2D eigenvalue weighted by molar-refractivity contribution is -0.141. The molecule has 3 fully saturated rings. The zero-order chi connectivity index (χ0) is 20.0. The first kappa shape index (κ1) is 16.5. The molecule has 0 radical (unpaired) electrons. The number of rotatable bonds is 2. The Morgan fingerprint density at radius 3 is 1.90 bits per heavy atom. The van der Waals surface area contributed by atoms with Gasteiger partial charge in [0.1, 0.15) is 0 Å². The molecule has 3 aromatic rings. The molecule has 7 rings (SSSR count). The number of hydrazone groups is 1. The van der Waals surface area contributed by atoms with Gasteiger partial charge in [0.15, 0.2) is 0 Å². The zero-order valence-corrected chi connectivity index (χ0v) is 16.4. The molecule has 0 N–H and O–H groups in total. The van der Waals surface area contributed by atoms with E-state index in [2.05, 4.69) is 47.6 Å². The van der Waals surface area contributed by atoms with E-state index in [1.165, 1.54) is 0 Å². The molecule has 4 nitrogen and oxygen atoms in total. The lowest BCUT2D eigenvalue weighted by atomic mass is 9.85. The Kier molecular flexibility index (Phi) is 3.00. The van der Waals surface area contributed by atoms with Gasteiger partial charge in [-0.15, -0.1) is 0 Å². The third-order valence-electron chi connectivity index (χ3n) is 7.94. The Morgan fingerprint density at radius 1 is 0.833 bits per heavy atom. The standard InChI is InChI=1S/C26H20N2O2/c29-24-22-20-9-10-21(26(20)11-12-26)23(22)25(30)28(24)27-14-19-17-7-3-1-5-15(17)13-16-6-2-4-8-18(16)19/h1-10,13-14,20-23H,11-12H2/b27-14-/t20-,21-,22-,23+/m0/s1. The minimum absolute atomic E-state index is 0.117. The highest BCUT2D eigenvalue weighted by Crippen LogP contribution is 2.73. The van der Waals surface area contributed by atoms with E-state index in [1.54, 1.807) is 6.21 Å². The molecule has 4 aliphatic rings. The second-order valence-corrected chi connectivity index (χ2v) is 9.19. The van der Waals surface area contributed by atoms with E-state index < -0.39 is 0 Å². The van der Waals surface area contributed by atoms with Crippen LogP contribution in [0.5, 0.6) is 0 Å². The molecule has 3 aliphatic carbocycles. The van der Waals surface area contributed by atoms with Gasteiger partial charge in [0, 0.05) is 5.56 Å². The molecule has 2 bridgehead atoms. The summed E-state index contributed by atoms with van der Waals surface area (Å²) in [6, 6.07) is 18.5. The maximum Gasteiger partial charge on any atom is 0.254 e.